The van der Waals surface area contributed by atoms with Gasteiger partial charge < -0.3 is 14.5 Å². The molecule has 0 atom stereocenters. The second-order valence-corrected chi connectivity index (χ2v) is 4.30. The summed E-state index contributed by atoms with van der Waals surface area (Å²) in [6.45, 7) is 0.0817. The van der Waals surface area contributed by atoms with Crippen molar-refractivity contribution in [3.8, 4) is 0 Å². The standard InChI is InChI=1S/C15H15N3O4/c1-21-14(19)12(9-13-16-7-8-17-13)18-15(20)22-10-11-5-3-2-4-6-11/h2-8H,9-10H2,1H3,(H,16,17). The molecule has 0 bridgehead atoms. The molecule has 7 heteroatoms. The highest BCUT2D eigenvalue weighted by atomic mass is 16.5. The topological polar surface area (TPSA) is 93.6 Å². The number of amides is 1. The Hall–Kier alpha value is -2.96. The Morgan fingerprint density at radius 1 is 1.27 bits per heavy atom. The van der Waals surface area contributed by atoms with Crippen molar-refractivity contribution >= 4 is 17.8 Å². The van der Waals surface area contributed by atoms with Gasteiger partial charge in [-0.3, -0.25) is 0 Å². The van der Waals surface area contributed by atoms with Crippen molar-refractivity contribution in [1.82, 2.24) is 9.97 Å². The Labute approximate surface area is 127 Å². The third kappa shape index (κ3) is 4.55. The molecule has 2 rings (SSSR count). The number of methoxy groups -OCH3 is 1. The quantitative estimate of drug-likeness (QED) is 0.672. The van der Waals surface area contributed by atoms with Gasteiger partial charge in [0.25, 0.3) is 0 Å². The largest absolute Gasteiger partial charge is 0.465 e. The number of aromatic nitrogens is 2. The molecule has 22 heavy (non-hydrogen) atoms. The summed E-state index contributed by atoms with van der Waals surface area (Å²) in [6, 6.07) is 9.18. The summed E-state index contributed by atoms with van der Waals surface area (Å²) in [5.41, 5.74) is 0.757. The van der Waals surface area contributed by atoms with E-state index in [2.05, 4.69) is 19.7 Å². The molecule has 1 aromatic carbocycles. The van der Waals surface area contributed by atoms with Gasteiger partial charge >= 0.3 is 12.1 Å². The van der Waals surface area contributed by atoms with Crippen LogP contribution in [0.5, 0.6) is 0 Å². The third-order valence-corrected chi connectivity index (χ3v) is 2.74. The molecule has 0 saturated heterocycles. The summed E-state index contributed by atoms with van der Waals surface area (Å²) in [6.07, 6.45) is 2.35. The number of aromatic amines is 1. The molecular weight excluding hydrogens is 286 g/mol. The molecule has 0 saturated carbocycles. The monoisotopic (exact) mass is 301 g/mol. The number of H-pyrrole nitrogens is 1. The lowest BCUT2D eigenvalue weighted by Crippen LogP contribution is -2.21. The zero-order valence-electron chi connectivity index (χ0n) is 12.0. The van der Waals surface area contributed by atoms with Crippen molar-refractivity contribution in [2.24, 2.45) is 4.99 Å². The van der Waals surface area contributed by atoms with Gasteiger partial charge in [-0.05, 0) is 5.56 Å². The fraction of sp³-hybridized carbons (Fsp3) is 0.200. The van der Waals surface area contributed by atoms with Crippen molar-refractivity contribution in [2.75, 3.05) is 7.11 Å². The molecule has 7 nitrogen and oxygen atoms in total. The molecule has 0 aliphatic carbocycles. The number of hydrogen-bond acceptors (Lipinski definition) is 5. The summed E-state index contributed by atoms with van der Waals surface area (Å²) < 4.78 is 9.61. The van der Waals surface area contributed by atoms with Gasteiger partial charge in [0.2, 0.25) is 0 Å². The molecule has 0 aliphatic rings. The molecule has 114 valence electrons. The minimum atomic E-state index is -0.851. The van der Waals surface area contributed by atoms with E-state index in [1.807, 2.05) is 30.3 Å². The number of ether oxygens (including phenoxy) is 2. The molecule has 0 fully saturated rings. The Bertz CT molecular complexity index is 651. The first-order chi connectivity index (χ1) is 10.7. The molecule has 2 aromatic rings. The first-order valence-corrected chi connectivity index (χ1v) is 6.54. The second-order valence-electron chi connectivity index (χ2n) is 4.30. The van der Waals surface area contributed by atoms with Gasteiger partial charge in [-0.15, -0.1) is 0 Å². The number of imidazole rings is 1. The van der Waals surface area contributed by atoms with Crippen LogP contribution in [0, 0.1) is 0 Å². The van der Waals surface area contributed by atoms with Crippen molar-refractivity contribution < 1.29 is 19.1 Å². The van der Waals surface area contributed by atoms with Gasteiger partial charge in [-0.2, -0.15) is 4.99 Å². The van der Waals surface area contributed by atoms with Crippen LogP contribution in [0.4, 0.5) is 4.79 Å². The fourth-order valence-corrected chi connectivity index (χ4v) is 1.69. The first kappa shape index (κ1) is 15.4. The molecule has 1 heterocycles. The van der Waals surface area contributed by atoms with Crippen molar-refractivity contribution in [3.63, 3.8) is 0 Å². The van der Waals surface area contributed by atoms with Crippen LogP contribution in [0.3, 0.4) is 0 Å². The van der Waals surface area contributed by atoms with Crippen LogP contribution in [-0.4, -0.2) is 34.9 Å². The van der Waals surface area contributed by atoms with Gasteiger partial charge in [0.05, 0.1) is 13.5 Å². The Morgan fingerprint density at radius 2 is 2.05 bits per heavy atom. The maximum Gasteiger partial charge on any atom is 0.434 e. The Balaban J connectivity index is 2.01. The molecule has 0 unspecified atom stereocenters. The van der Waals surface area contributed by atoms with E-state index in [0.717, 1.165) is 5.56 Å². The lowest BCUT2D eigenvalue weighted by molar-refractivity contribution is -0.132. The van der Waals surface area contributed by atoms with E-state index in [1.165, 1.54) is 13.3 Å². The maximum absolute atomic E-state index is 11.7. The van der Waals surface area contributed by atoms with Crippen LogP contribution < -0.4 is 0 Å². The summed E-state index contributed by atoms with van der Waals surface area (Å²) in [5.74, 6) is -0.201. The molecule has 0 aliphatic heterocycles. The van der Waals surface area contributed by atoms with Crippen molar-refractivity contribution in [1.29, 1.82) is 0 Å². The number of esters is 1. The highest BCUT2D eigenvalue weighted by molar-refractivity contribution is 6.38. The van der Waals surface area contributed by atoms with E-state index in [-0.39, 0.29) is 18.7 Å². The highest BCUT2D eigenvalue weighted by Crippen LogP contribution is 2.03. The normalized spacial score (nSPS) is 11.0. The number of carbonyl (C=O) groups is 2. The number of nitrogens with zero attached hydrogens (tertiary/aromatic N) is 2. The zero-order chi connectivity index (χ0) is 15.8. The fourth-order valence-electron chi connectivity index (χ4n) is 1.69. The van der Waals surface area contributed by atoms with E-state index in [4.69, 9.17) is 4.74 Å². The lowest BCUT2D eigenvalue weighted by atomic mass is 10.2. The number of benzene rings is 1. The van der Waals surface area contributed by atoms with Gasteiger partial charge in [-0.1, -0.05) is 30.3 Å². The average Bonchev–Trinajstić information content (AvgIpc) is 3.05. The smallest absolute Gasteiger partial charge is 0.434 e. The minimum absolute atomic E-state index is 0.0557. The van der Waals surface area contributed by atoms with E-state index < -0.39 is 12.1 Å². The van der Waals surface area contributed by atoms with E-state index in [1.54, 1.807) is 6.20 Å². The van der Waals surface area contributed by atoms with Crippen LogP contribution in [0.2, 0.25) is 0 Å². The Kier molecular flexibility index (Phi) is 5.42. The number of aliphatic imine (C=N–C) groups is 1. The zero-order valence-corrected chi connectivity index (χ0v) is 12.0. The summed E-state index contributed by atoms with van der Waals surface area (Å²) in [5, 5.41) is 0. The number of rotatable bonds is 5. The predicted molar refractivity (Wildman–Crippen MR) is 78.4 cm³/mol. The molecular formula is C15H15N3O4. The SMILES string of the molecule is COC(=O)C(Cc1ncc[nH]1)=NC(=O)OCc1ccccc1. The van der Waals surface area contributed by atoms with Crippen LogP contribution >= 0.6 is 0 Å². The third-order valence-electron chi connectivity index (χ3n) is 2.74. The van der Waals surface area contributed by atoms with Crippen LogP contribution in [0.1, 0.15) is 11.4 Å². The van der Waals surface area contributed by atoms with E-state index in [9.17, 15) is 9.59 Å². The predicted octanol–water partition coefficient (Wildman–Crippen LogP) is 1.90. The van der Waals surface area contributed by atoms with Gasteiger partial charge in [-0.25, -0.2) is 14.6 Å². The summed E-state index contributed by atoms with van der Waals surface area (Å²) in [4.78, 5) is 33.8. The Morgan fingerprint density at radius 3 is 2.68 bits per heavy atom. The second kappa shape index (κ2) is 7.72. The van der Waals surface area contributed by atoms with Gasteiger partial charge in [0.15, 0.2) is 0 Å². The van der Waals surface area contributed by atoms with Gasteiger partial charge in [0.1, 0.15) is 18.1 Å². The first-order valence-electron chi connectivity index (χ1n) is 6.54. The molecule has 1 N–H and O–H groups in total. The van der Waals surface area contributed by atoms with Crippen LogP contribution in [0.25, 0.3) is 0 Å². The van der Waals surface area contributed by atoms with Crippen molar-refractivity contribution in [3.05, 3.63) is 54.1 Å². The molecule has 1 aromatic heterocycles. The molecule has 0 radical (unpaired) electrons. The maximum atomic E-state index is 11.7. The van der Waals surface area contributed by atoms with E-state index in [0.29, 0.717) is 5.82 Å². The molecule has 1 amide bonds. The van der Waals surface area contributed by atoms with Crippen molar-refractivity contribution in [2.45, 2.75) is 13.0 Å². The van der Waals surface area contributed by atoms with Crippen LogP contribution in [0.15, 0.2) is 47.7 Å². The molecule has 0 spiro atoms. The number of nitrogens with one attached hydrogen (secondary N) is 1. The van der Waals surface area contributed by atoms with Crippen LogP contribution in [-0.2, 0) is 27.3 Å². The number of hydrogen-bond donors (Lipinski definition) is 1. The highest BCUT2D eigenvalue weighted by Gasteiger charge is 2.16. The average molecular weight is 301 g/mol. The minimum Gasteiger partial charge on any atom is -0.465 e. The lowest BCUT2D eigenvalue weighted by Gasteiger charge is -2.04. The van der Waals surface area contributed by atoms with Gasteiger partial charge in [0, 0.05) is 12.4 Å². The number of carbonyl (C=O) groups excluding carboxylic acids is 2. The summed E-state index contributed by atoms with van der Waals surface area (Å²) in [7, 11) is 1.22. The van der Waals surface area contributed by atoms with E-state index >= 15 is 0 Å². The summed E-state index contributed by atoms with van der Waals surface area (Å²) >= 11 is 0.